The van der Waals surface area contributed by atoms with Gasteiger partial charge in [-0.25, -0.2) is 4.79 Å². The molecule has 0 radical (unpaired) electrons. The molecular formula is C13H8BrClN4O2. The van der Waals surface area contributed by atoms with Crippen LogP contribution in [0.3, 0.4) is 0 Å². The highest BCUT2D eigenvalue weighted by molar-refractivity contribution is 9.10. The molecule has 0 aliphatic carbocycles. The summed E-state index contributed by atoms with van der Waals surface area (Å²) in [5, 5.41) is 8.46. The van der Waals surface area contributed by atoms with Gasteiger partial charge < -0.3 is 4.74 Å². The number of fused-ring (bicyclic) bond motifs is 1. The Morgan fingerprint density at radius 1 is 1.33 bits per heavy atom. The first-order valence-electron chi connectivity index (χ1n) is 5.83. The highest BCUT2D eigenvalue weighted by atomic mass is 79.9. The molecule has 0 N–H and O–H groups in total. The topological polar surface area (TPSA) is 69.4 Å². The van der Waals surface area contributed by atoms with Crippen LogP contribution in [0.2, 0.25) is 5.02 Å². The van der Waals surface area contributed by atoms with E-state index in [4.69, 9.17) is 16.3 Å². The van der Waals surface area contributed by atoms with Gasteiger partial charge in [0.25, 0.3) is 0 Å². The number of rotatable bonds is 2. The van der Waals surface area contributed by atoms with E-state index in [-0.39, 0.29) is 0 Å². The van der Waals surface area contributed by atoms with Crippen molar-refractivity contribution in [3.8, 4) is 11.4 Å². The summed E-state index contributed by atoms with van der Waals surface area (Å²) in [6.07, 6.45) is 4.91. The van der Waals surface area contributed by atoms with Crippen molar-refractivity contribution in [1.82, 2.24) is 19.6 Å². The van der Waals surface area contributed by atoms with Gasteiger partial charge in [0, 0.05) is 28.6 Å². The van der Waals surface area contributed by atoms with Crippen LogP contribution in [0.4, 0.5) is 0 Å². The molecule has 3 aromatic rings. The van der Waals surface area contributed by atoms with Gasteiger partial charge in [-0.3, -0.25) is 9.38 Å². The van der Waals surface area contributed by atoms with Gasteiger partial charge in [-0.1, -0.05) is 11.6 Å². The molecule has 0 atom stereocenters. The van der Waals surface area contributed by atoms with Gasteiger partial charge in [0.2, 0.25) is 0 Å². The van der Waals surface area contributed by atoms with Crippen molar-refractivity contribution in [3.05, 3.63) is 45.8 Å². The smallest absolute Gasteiger partial charge is 0.339 e. The number of pyridine rings is 2. The van der Waals surface area contributed by atoms with E-state index in [0.717, 1.165) is 10.0 Å². The molecule has 0 amide bonds. The lowest BCUT2D eigenvalue weighted by Crippen LogP contribution is -2.04. The lowest BCUT2D eigenvalue weighted by Gasteiger charge is -2.04. The summed E-state index contributed by atoms with van der Waals surface area (Å²) in [4.78, 5) is 15.8. The molecule has 8 heteroatoms. The van der Waals surface area contributed by atoms with Crippen molar-refractivity contribution in [2.24, 2.45) is 0 Å². The maximum atomic E-state index is 11.7. The Kier molecular flexibility index (Phi) is 3.60. The van der Waals surface area contributed by atoms with Crippen molar-refractivity contribution < 1.29 is 9.53 Å². The van der Waals surface area contributed by atoms with Crippen molar-refractivity contribution in [3.63, 3.8) is 0 Å². The summed E-state index contributed by atoms with van der Waals surface area (Å²) in [5.41, 5.74) is 1.52. The summed E-state index contributed by atoms with van der Waals surface area (Å²) >= 11 is 9.49. The maximum Gasteiger partial charge on any atom is 0.339 e. The van der Waals surface area contributed by atoms with Crippen LogP contribution >= 0.6 is 27.5 Å². The van der Waals surface area contributed by atoms with Gasteiger partial charge in [0.05, 0.1) is 17.7 Å². The van der Waals surface area contributed by atoms with Gasteiger partial charge in [-0.05, 0) is 28.1 Å². The van der Waals surface area contributed by atoms with Crippen LogP contribution in [0.5, 0.6) is 0 Å². The Hall–Kier alpha value is -1.99. The molecule has 6 nitrogen and oxygen atoms in total. The zero-order valence-corrected chi connectivity index (χ0v) is 13.1. The molecule has 106 valence electrons. The molecule has 21 heavy (non-hydrogen) atoms. The number of carbonyl (C=O) groups is 1. The molecule has 0 fully saturated rings. The molecule has 0 aromatic carbocycles. The monoisotopic (exact) mass is 366 g/mol. The van der Waals surface area contributed by atoms with Gasteiger partial charge >= 0.3 is 5.97 Å². The molecule has 0 unspecified atom stereocenters. The van der Waals surface area contributed by atoms with Gasteiger partial charge in [0.15, 0.2) is 11.5 Å². The Morgan fingerprint density at radius 2 is 2.14 bits per heavy atom. The number of hydrogen-bond donors (Lipinski definition) is 0. The number of nitrogens with zero attached hydrogens (tertiary/aromatic N) is 4. The third-order valence-electron chi connectivity index (χ3n) is 2.84. The zero-order valence-electron chi connectivity index (χ0n) is 10.7. The molecule has 0 spiro atoms. The zero-order chi connectivity index (χ0) is 15.0. The van der Waals surface area contributed by atoms with E-state index in [9.17, 15) is 4.79 Å². The summed E-state index contributed by atoms with van der Waals surface area (Å²) in [6.45, 7) is 0. The molecule has 0 bridgehead atoms. The average molecular weight is 368 g/mol. The quantitative estimate of drug-likeness (QED) is 0.651. The second-order valence-corrected chi connectivity index (χ2v) is 5.50. The molecule has 0 aliphatic heterocycles. The first kappa shape index (κ1) is 14.0. The van der Waals surface area contributed by atoms with Crippen LogP contribution in [0.15, 0.2) is 35.2 Å². The number of carbonyl (C=O) groups excluding carboxylic acids is 1. The van der Waals surface area contributed by atoms with Gasteiger partial charge in [0.1, 0.15) is 0 Å². The normalized spacial score (nSPS) is 10.8. The fourth-order valence-corrected chi connectivity index (χ4v) is 2.53. The number of ether oxygens (including phenoxy) is 1. The van der Waals surface area contributed by atoms with E-state index >= 15 is 0 Å². The fraction of sp³-hybridized carbons (Fsp3) is 0.0769. The molecule has 3 heterocycles. The SMILES string of the molecule is COC(=O)c1cc(Cl)c2nnc(-c3cncc(Br)c3)n2c1. The molecule has 3 rings (SSSR count). The summed E-state index contributed by atoms with van der Waals surface area (Å²) in [6, 6.07) is 3.35. The fourth-order valence-electron chi connectivity index (χ4n) is 1.91. The van der Waals surface area contributed by atoms with E-state index in [2.05, 4.69) is 31.1 Å². The molecule has 0 saturated carbocycles. The largest absolute Gasteiger partial charge is 0.465 e. The number of esters is 1. The van der Waals surface area contributed by atoms with Crippen molar-refractivity contribution >= 4 is 39.1 Å². The Labute approximate surface area is 132 Å². The minimum absolute atomic E-state index is 0.319. The van der Waals surface area contributed by atoms with Crippen LogP contribution in [-0.4, -0.2) is 32.7 Å². The maximum absolute atomic E-state index is 11.7. The predicted octanol–water partition coefficient (Wildman–Crippen LogP) is 2.99. The van der Waals surface area contributed by atoms with Gasteiger partial charge in [-0.2, -0.15) is 0 Å². The van der Waals surface area contributed by atoms with Crippen LogP contribution in [0, 0.1) is 0 Å². The lowest BCUT2D eigenvalue weighted by molar-refractivity contribution is 0.0600. The summed E-state index contributed by atoms with van der Waals surface area (Å²) in [7, 11) is 1.31. The van der Waals surface area contributed by atoms with E-state index in [0.29, 0.717) is 22.1 Å². The summed E-state index contributed by atoms with van der Waals surface area (Å²) in [5.74, 6) is 0.0530. The molecular weight excluding hydrogens is 360 g/mol. The predicted molar refractivity (Wildman–Crippen MR) is 80.3 cm³/mol. The van der Waals surface area contributed by atoms with Crippen LogP contribution in [-0.2, 0) is 4.74 Å². The molecule has 0 aliphatic rings. The van der Waals surface area contributed by atoms with E-state index < -0.39 is 5.97 Å². The number of halogens is 2. The number of aromatic nitrogens is 4. The minimum Gasteiger partial charge on any atom is -0.465 e. The second-order valence-electron chi connectivity index (χ2n) is 4.18. The standard InChI is InChI=1S/C13H8BrClN4O2/c1-21-13(20)8-3-10(15)12-18-17-11(19(12)6-8)7-2-9(14)5-16-4-7/h2-6H,1H3. The van der Waals surface area contributed by atoms with E-state index in [1.807, 2.05) is 6.07 Å². The first-order valence-corrected chi connectivity index (χ1v) is 7.01. The van der Waals surface area contributed by atoms with Crippen LogP contribution in [0.25, 0.3) is 17.0 Å². The highest BCUT2D eigenvalue weighted by Crippen LogP contribution is 2.25. The minimum atomic E-state index is -0.481. The van der Waals surface area contributed by atoms with E-state index in [1.165, 1.54) is 13.2 Å². The Morgan fingerprint density at radius 3 is 2.86 bits per heavy atom. The van der Waals surface area contributed by atoms with Crippen molar-refractivity contribution in [1.29, 1.82) is 0 Å². The van der Waals surface area contributed by atoms with E-state index in [1.54, 1.807) is 23.0 Å². The van der Waals surface area contributed by atoms with Crippen molar-refractivity contribution in [2.75, 3.05) is 7.11 Å². The summed E-state index contributed by atoms with van der Waals surface area (Å²) < 4.78 is 7.16. The van der Waals surface area contributed by atoms with Crippen molar-refractivity contribution in [2.45, 2.75) is 0 Å². The van der Waals surface area contributed by atoms with Gasteiger partial charge in [-0.15, -0.1) is 10.2 Å². The first-order chi connectivity index (χ1) is 10.1. The molecule has 3 aromatic heterocycles. The Balaban J connectivity index is 2.25. The Bertz CT molecular complexity index is 849. The lowest BCUT2D eigenvalue weighted by atomic mass is 10.2. The number of methoxy groups -OCH3 is 1. The highest BCUT2D eigenvalue weighted by Gasteiger charge is 2.15. The van der Waals surface area contributed by atoms with Crippen LogP contribution < -0.4 is 0 Å². The average Bonchev–Trinajstić information content (AvgIpc) is 2.90. The number of hydrogen-bond acceptors (Lipinski definition) is 5. The molecule has 0 saturated heterocycles. The second kappa shape index (κ2) is 5.42. The van der Waals surface area contributed by atoms with Crippen LogP contribution in [0.1, 0.15) is 10.4 Å². The third-order valence-corrected chi connectivity index (χ3v) is 3.56. The third kappa shape index (κ3) is 2.50.